The van der Waals surface area contributed by atoms with Gasteiger partial charge in [-0.3, -0.25) is 4.90 Å². The maximum absolute atomic E-state index is 9.28. The Morgan fingerprint density at radius 2 is 2.50 bits per heavy atom. The smallest absolute Gasteiger partial charge is 0.209 e. The zero-order chi connectivity index (χ0) is 12.4. The fourth-order valence-corrected chi connectivity index (χ4v) is 3.07. The normalized spacial score (nSPS) is 20.6. The Kier molecular flexibility index (Phi) is 3.45. The lowest BCUT2D eigenvalue weighted by Gasteiger charge is -2.20. The van der Waals surface area contributed by atoms with Crippen molar-refractivity contribution in [3.63, 3.8) is 0 Å². The van der Waals surface area contributed by atoms with Crippen molar-refractivity contribution < 1.29 is 9.52 Å². The van der Waals surface area contributed by atoms with Crippen LogP contribution in [0.5, 0.6) is 0 Å². The van der Waals surface area contributed by atoms with Gasteiger partial charge >= 0.3 is 0 Å². The fraction of sp³-hybridized carbons (Fsp3) is 0.462. The molecule has 96 valence electrons. The molecule has 18 heavy (non-hydrogen) atoms. The first-order chi connectivity index (χ1) is 8.86. The summed E-state index contributed by atoms with van der Waals surface area (Å²) in [5, 5.41) is 11.3. The quantitative estimate of drug-likeness (QED) is 0.921. The zero-order valence-electron chi connectivity index (χ0n) is 10.1. The molecule has 5 heteroatoms. The predicted octanol–water partition coefficient (Wildman–Crippen LogP) is 2.36. The third-order valence-electron chi connectivity index (χ3n) is 3.37. The molecule has 0 amide bonds. The molecule has 1 fully saturated rings. The third kappa shape index (κ3) is 2.34. The van der Waals surface area contributed by atoms with Gasteiger partial charge in [0.2, 0.25) is 5.89 Å². The van der Waals surface area contributed by atoms with Gasteiger partial charge in [-0.1, -0.05) is 6.07 Å². The van der Waals surface area contributed by atoms with Gasteiger partial charge in [0, 0.05) is 6.04 Å². The van der Waals surface area contributed by atoms with Gasteiger partial charge in [0.15, 0.2) is 5.76 Å². The van der Waals surface area contributed by atoms with E-state index in [0.717, 1.165) is 35.9 Å². The summed E-state index contributed by atoms with van der Waals surface area (Å²) in [5.41, 5.74) is 0. The number of thiophene rings is 1. The van der Waals surface area contributed by atoms with Crippen LogP contribution < -0.4 is 0 Å². The lowest BCUT2D eigenvalue weighted by Crippen LogP contribution is -2.31. The van der Waals surface area contributed by atoms with Crippen LogP contribution in [-0.4, -0.2) is 34.2 Å². The standard InChI is InChI=1S/C13H16N2O2S/c16-9-10-3-1-5-15(10)8-13-14-7-11(17-13)12-4-2-6-18-12/h2,4,6-7,10,16H,1,3,5,8-9H2/t10-/m1/s1. The molecule has 3 heterocycles. The van der Waals surface area contributed by atoms with Crippen LogP contribution in [0.25, 0.3) is 10.6 Å². The number of oxazole rings is 1. The average Bonchev–Trinajstić information content (AvgIpc) is 3.10. The minimum Gasteiger partial charge on any atom is -0.438 e. The molecule has 0 saturated carbocycles. The zero-order valence-corrected chi connectivity index (χ0v) is 10.9. The molecule has 0 unspecified atom stereocenters. The van der Waals surface area contributed by atoms with Crippen LogP contribution in [0.15, 0.2) is 28.1 Å². The molecule has 1 saturated heterocycles. The number of hydrogen-bond acceptors (Lipinski definition) is 5. The molecule has 0 bridgehead atoms. The van der Waals surface area contributed by atoms with E-state index < -0.39 is 0 Å². The van der Waals surface area contributed by atoms with Gasteiger partial charge in [-0.25, -0.2) is 4.98 Å². The molecule has 0 radical (unpaired) electrons. The number of aliphatic hydroxyl groups is 1. The van der Waals surface area contributed by atoms with Crippen LogP contribution in [0.1, 0.15) is 18.7 Å². The van der Waals surface area contributed by atoms with E-state index in [2.05, 4.69) is 9.88 Å². The van der Waals surface area contributed by atoms with Crippen LogP contribution >= 0.6 is 11.3 Å². The van der Waals surface area contributed by atoms with Crippen molar-refractivity contribution in [1.29, 1.82) is 0 Å². The molecule has 2 aromatic heterocycles. The number of nitrogens with zero attached hydrogens (tertiary/aromatic N) is 2. The monoisotopic (exact) mass is 264 g/mol. The summed E-state index contributed by atoms with van der Waals surface area (Å²) in [7, 11) is 0. The lowest BCUT2D eigenvalue weighted by atomic mass is 10.2. The SMILES string of the molecule is OC[C@H]1CCCN1Cc1ncc(-c2cccs2)o1. The average molecular weight is 264 g/mol. The molecule has 1 aliphatic rings. The Balaban J connectivity index is 1.70. The first kappa shape index (κ1) is 11.9. The van der Waals surface area contributed by atoms with Gasteiger partial charge in [-0.05, 0) is 30.8 Å². The molecular weight excluding hydrogens is 248 g/mol. The van der Waals surface area contributed by atoms with Crippen LogP contribution in [-0.2, 0) is 6.54 Å². The Labute approximate surface area is 110 Å². The molecule has 1 aliphatic heterocycles. The summed E-state index contributed by atoms with van der Waals surface area (Å²) in [6.45, 7) is 1.93. The van der Waals surface area contributed by atoms with E-state index in [1.807, 2.05) is 17.5 Å². The Morgan fingerprint density at radius 1 is 1.56 bits per heavy atom. The minimum atomic E-state index is 0.221. The van der Waals surface area contributed by atoms with Crippen molar-refractivity contribution >= 4 is 11.3 Å². The second-order valence-electron chi connectivity index (χ2n) is 4.54. The van der Waals surface area contributed by atoms with Gasteiger partial charge < -0.3 is 9.52 Å². The molecular formula is C13H16N2O2S. The number of hydrogen-bond donors (Lipinski definition) is 1. The minimum absolute atomic E-state index is 0.221. The van der Waals surface area contributed by atoms with Crippen LogP contribution in [0.3, 0.4) is 0 Å². The van der Waals surface area contributed by atoms with E-state index in [1.165, 1.54) is 0 Å². The third-order valence-corrected chi connectivity index (χ3v) is 4.25. The summed E-state index contributed by atoms with van der Waals surface area (Å²) in [5.74, 6) is 1.57. The highest BCUT2D eigenvalue weighted by Gasteiger charge is 2.25. The van der Waals surface area contributed by atoms with Crippen molar-refractivity contribution in [3.05, 3.63) is 29.6 Å². The van der Waals surface area contributed by atoms with Crippen LogP contribution in [0.2, 0.25) is 0 Å². The van der Waals surface area contributed by atoms with Crippen molar-refractivity contribution in [1.82, 2.24) is 9.88 Å². The van der Waals surface area contributed by atoms with Gasteiger partial charge in [0.25, 0.3) is 0 Å². The van der Waals surface area contributed by atoms with Gasteiger partial charge in [-0.2, -0.15) is 0 Å². The van der Waals surface area contributed by atoms with Crippen molar-refractivity contribution in [2.75, 3.05) is 13.2 Å². The summed E-state index contributed by atoms with van der Waals surface area (Å²) in [4.78, 5) is 7.67. The number of aromatic nitrogens is 1. The summed E-state index contributed by atoms with van der Waals surface area (Å²) in [6.07, 6.45) is 3.99. The van der Waals surface area contributed by atoms with Crippen LogP contribution in [0, 0.1) is 0 Å². The number of rotatable bonds is 4. The fourth-order valence-electron chi connectivity index (χ4n) is 2.40. The Bertz CT molecular complexity index is 495. The molecule has 4 nitrogen and oxygen atoms in total. The first-order valence-corrected chi connectivity index (χ1v) is 7.08. The number of likely N-dealkylation sites (tertiary alicyclic amines) is 1. The Morgan fingerprint density at radius 3 is 3.28 bits per heavy atom. The summed E-state index contributed by atoms with van der Waals surface area (Å²) >= 11 is 1.65. The second kappa shape index (κ2) is 5.22. The number of aliphatic hydroxyl groups excluding tert-OH is 1. The van der Waals surface area contributed by atoms with E-state index in [4.69, 9.17) is 4.42 Å². The largest absolute Gasteiger partial charge is 0.438 e. The maximum Gasteiger partial charge on any atom is 0.209 e. The van der Waals surface area contributed by atoms with Crippen LogP contribution in [0.4, 0.5) is 0 Å². The van der Waals surface area contributed by atoms with Gasteiger partial charge in [0.1, 0.15) is 0 Å². The first-order valence-electron chi connectivity index (χ1n) is 6.20. The molecule has 0 aliphatic carbocycles. The summed E-state index contributed by atoms with van der Waals surface area (Å²) < 4.78 is 5.76. The molecule has 2 aromatic rings. The highest BCUT2D eigenvalue weighted by molar-refractivity contribution is 7.13. The van der Waals surface area contributed by atoms with E-state index in [-0.39, 0.29) is 12.6 Å². The van der Waals surface area contributed by atoms with Crippen molar-refractivity contribution in [2.45, 2.75) is 25.4 Å². The van der Waals surface area contributed by atoms with Gasteiger partial charge in [-0.15, -0.1) is 11.3 Å². The molecule has 0 aromatic carbocycles. The maximum atomic E-state index is 9.28. The van der Waals surface area contributed by atoms with Gasteiger partial charge in [0.05, 0.1) is 24.2 Å². The van der Waals surface area contributed by atoms with E-state index in [9.17, 15) is 5.11 Å². The lowest BCUT2D eigenvalue weighted by molar-refractivity contribution is 0.144. The van der Waals surface area contributed by atoms with Crippen molar-refractivity contribution in [2.24, 2.45) is 0 Å². The molecule has 0 spiro atoms. The highest BCUT2D eigenvalue weighted by atomic mass is 32.1. The van der Waals surface area contributed by atoms with Crippen molar-refractivity contribution in [3.8, 4) is 10.6 Å². The molecule has 1 atom stereocenters. The second-order valence-corrected chi connectivity index (χ2v) is 5.49. The van der Waals surface area contributed by atoms with E-state index in [1.54, 1.807) is 17.5 Å². The van der Waals surface area contributed by atoms with E-state index >= 15 is 0 Å². The summed E-state index contributed by atoms with van der Waals surface area (Å²) in [6, 6.07) is 4.30. The molecule has 1 N–H and O–H groups in total. The highest BCUT2D eigenvalue weighted by Crippen LogP contribution is 2.26. The predicted molar refractivity (Wildman–Crippen MR) is 70.3 cm³/mol. The van der Waals surface area contributed by atoms with E-state index in [0.29, 0.717) is 6.54 Å². The topological polar surface area (TPSA) is 49.5 Å². The Hall–Kier alpha value is -1.17. The molecule has 3 rings (SSSR count).